The minimum atomic E-state index is -3.88. The second-order valence-corrected chi connectivity index (χ2v) is 16.1. The molecule has 0 aliphatic carbocycles. The number of primary amides is 1. The Morgan fingerprint density at radius 1 is 0.931 bits per heavy atom. The number of hydrogen-bond acceptors (Lipinski definition) is 8. The number of halogens is 2. The zero-order valence-corrected chi connectivity index (χ0v) is 33.6. The zero-order chi connectivity index (χ0) is 42.1. The van der Waals surface area contributed by atoms with Gasteiger partial charge in [0.15, 0.2) is 0 Å². The van der Waals surface area contributed by atoms with E-state index in [0.29, 0.717) is 25.8 Å². The summed E-state index contributed by atoms with van der Waals surface area (Å²) in [7, 11) is -3.59. The molecular formula is C42H51F2N6O7P. The predicted octanol–water partition coefficient (Wildman–Crippen LogP) is 4.05. The van der Waals surface area contributed by atoms with Crippen LogP contribution in [0, 0.1) is 0 Å². The van der Waals surface area contributed by atoms with Crippen molar-refractivity contribution in [2.75, 3.05) is 13.1 Å². The van der Waals surface area contributed by atoms with E-state index in [1.54, 1.807) is 0 Å². The van der Waals surface area contributed by atoms with Crippen LogP contribution in [0.4, 0.5) is 8.78 Å². The van der Waals surface area contributed by atoms with E-state index in [9.17, 15) is 42.5 Å². The first-order chi connectivity index (χ1) is 27.6. The summed E-state index contributed by atoms with van der Waals surface area (Å²) in [5.41, 5.74) is 3.10. The third-order valence-corrected chi connectivity index (χ3v) is 11.5. The molecule has 16 heteroatoms. The third-order valence-electron chi connectivity index (χ3n) is 10.7. The standard InChI is InChI=1S/C42H51F2N6O7P/c1-26(2)49-22-21-32-17-19-35(50(32)41(55)34(25-49)46-37(52)23-27(3)30-15-10-16-31(24-30)42(43,44)58(56)57)40(54)47-33(18-20-36(45)51)39(53)48-38(28-11-6-4-7-12-28)29-13-8-5-9-14-29/h4-16,23-24,26,32-35,38,56-57H,17-22,25H2,1-3H3,(H2,45,51)(H,46,52)(H,47,54)(H,48,53)/b27-23+/t32-,33?,34?,35?/m1/s1. The molecule has 2 fully saturated rings. The van der Waals surface area contributed by atoms with Gasteiger partial charge in [-0.25, -0.2) is 0 Å². The van der Waals surface area contributed by atoms with Crippen LogP contribution in [-0.4, -0.2) is 92.4 Å². The van der Waals surface area contributed by atoms with Gasteiger partial charge in [-0.15, -0.1) is 0 Å². The maximum atomic E-state index is 14.5. The van der Waals surface area contributed by atoms with Crippen molar-refractivity contribution in [3.63, 3.8) is 0 Å². The Labute approximate surface area is 338 Å². The highest BCUT2D eigenvalue weighted by molar-refractivity contribution is 7.46. The van der Waals surface area contributed by atoms with Gasteiger partial charge in [0, 0.05) is 43.2 Å². The third kappa shape index (κ3) is 10.9. The van der Waals surface area contributed by atoms with Gasteiger partial charge in [-0.05, 0) is 74.8 Å². The minimum Gasteiger partial charge on any atom is -0.370 e. The van der Waals surface area contributed by atoms with Crippen LogP contribution >= 0.6 is 8.38 Å². The van der Waals surface area contributed by atoms with Gasteiger partial charge in [0.05, 0.1) is 6.04 Å². The average Bonchev–Trinajstić information content (AvgIpc) is 3.62. The van der Waals surface area contributed by atoms with Crippen molar-refractivity contribution in [1.29, 1.82) is 0 Å². The number of fused-ring (bicyclic) bond motifs is 1. The second kappa shape index (κ2) is 19.6. The zero-order valence-electron chi connectivity index (χ0n) is 32.7. The minimum absolute atomic E-state index is 0.0181. The molecule has 310 valence electrons. The number of hydrogen-bond donors (Lipinski definition) is 6. The van der Waals surface area contributed by atoms with Gasteiger partial charge in [0.1, 0.15) is 18.1 Å². The monoisotopic (exact) mass is 820 g/mol. The molecule has 5 rings (SSSR count). The maximum Gasteiger partial charge on any atom is 0.339 e. The van der Waals surface area contributed by atoms with Crippen LogP contribution in [0.25, 0.3) is 5.57 Å². The molecule has 5 amide bonds. The van der Waals surface area contributed by atoms with Crippen molar-refractivity contribution < 1.29 is 42.5 Å². The molecule has 0 bridgehead atoms. The van der Waals surface area contributed by atoms with E-state index in [0.717, 1.165) is 23.3 Å². The topological polar surface area (TPSA) is 194 Å². The molecular weight excluding hydrogens is 769 g/mol. The Bertz CT molecular complexity index is 1930. The largest absolute Gasteiger partial charge is 0.370 e. The molecule has 0 saturated carbocycles. The first-order valence-corrected chi connectivity index (χ1v) is 20.5. The molecule has 3 aromatic rings. The summed E-state index contributed by atoms with van der Waals surface area (Å²) in [5.74, 6) is -2.93. The number of carbonyl (C=O) groups excluding carboxylic acids is 5. The SMILES string of the molecule is C/C(=C\C(=O)NC1CN(C(C)C)CC[C@H]2CCC(C(=O)NC(CCC(N)=O)C(=O)NC(c3ccccc3)c3ccccc3)N2C1=O)c1cccc(C(F)(F)P(O)O)c1. The lowest BCUT2D eigenvalue weighted by molar-refractivity contribution is -0.145. The molecule has 2 aliphatic heterocycles. The lowest BCUT2D eigenvalue weighted by Crippen LogP contribution is -2.62. The Balaban J connectivity index is 1.36. The molecule has 0 spiro atoms. The predicted molar refractivity (Wildman–Crippen MR) is 215 cm³/mol. The van der Waals surface area contributed by atoms with Gasteiger partial charge in [0.25, 0.3) is 0 Å². The highest BCUT2D eigenvalue weighted by Gasteiger charge is 2.46. The fourth-order valence-corrected chi connectivity index (χ4v) is 7.88. The van der Waals surface area contributed by atoms with E-state index in [-0.39, 0.29) is 42.6 Å². The van der Waals surface area contributed by atoms with Crippen molar-refractivity contribution in [2.24, 2.45) is 5.73 Å². The summed E-state index contributed by atoms with van der Waals surface area (Å²) in [4.78, 5) is 90.1. The van der Waals surface area contributed by atoms with Gasteiger partial charge >= 0.3 is 5.66 Å². The number of alkyl halides is 2. The van der Waals surface area contributed by atoms with Crippen LogP contribution in [0.3, 0.4) is 0 Å². The molecule has 0 aromatic heterocycles. The van der Waals surface area contributed by atoms with E-state index >= 15 is 0 Å². The van der Waals surface area contributed by atoms with Crippen molar-refractivity contribution in [2.45, 2.75) is 94.8 Å². The van der Waals surface area contributed by atoms with Crippen LogP contribution in [0.2, 0.25) is 0 Å². The van der Waals surface area contributed by atoms with E-state index < -0.39 is 73.3 Å². The van der Waals surface area contributed by atoms with Crippen molar-refractivity contribution >= 4 is 43.5 Å². The van der Waals surface area contributed by atoms with Gasteiger partial charge < -0.3 is 36.4 Å². The lowest BCUT2D eigenvalue weighted by atomic mass is 9.98. The lowest BCUT2D eigenvalue weighted by Gasteiger charge is -2.40. The van der Waals surface area contributed by atoms with E-state index in [1.165, 1.54) is 30.0 Å². The quantitative estimate of drug-likeness (QED) is 0.0977. The number of benzene rings is 3. The van der Waals surface area contributed by atoms with Crippen LogP contribution < -0.4 is 21.7 Å². The van der Waals surface area contributed by atoms with Gasteiger partial charge in [0.2, 0.25) is 37.9 Å². The molecule has 2 aliphatic rings. The van der Waals surface area contributed by atoms with E-state index in [4.69, 9.17) is 5.73 Å². The van der Waals surface area contributed by atoms with E-state index in [1.807, 2.05) is 74.5 Å². The van der Waals surface area contributed by atoms with E-state index in [2.05, 4.69) is 20.9 Å². The summed E-state index contributed by atoms with van der Waals surface area (Å²) in [6.45, 7) is 6.19. The number of allylic oxidation sites excluding steroid dienone is 1. The fourth-order valence-electron chi connectivity index (χ4n) is 7.51. The molecule has 0 radical (unpaired) electrons. The molecule has 7 N–H and O–H groups in total. The second-order valence-electron chi connectivity index (χ2n) is 15.0. The summed E-state index contributed by atoms with van der Waals surface area (Å²) in [6, 6.07) is 19.4. The Hall–Kier alpha value is -5.08. The maximum absolute atomic E-state index is 14.5. The fraction of sp³-hybridized carbons (Fsp3) is 0.405. The van der Waals surface area contributed by atoms with Gasteiger partial charge in [-0.2, -0.15) is 8.78 Å². The highest BCUT2D eigenvalue weighted by Crippen LogP contribution is 2.52. The molecule has 2 heterocycles. The van der Waals surface area contributed by atoms with Crippen LogP contribution in [0.1, 0.15) is 81.2 Å². The first kappa shape index (κ1) is 44.0. The summed E-state index contributed by atoms with van der Waals surface area (Å²) in [6.07, 6.45) is 2.29. The average molecular weight is 821 g/mol. The number of nitrogens with one attached hydrogen (secondary N) is 3. The Morgan fingerprint density at radius 3 is 2.16 bits per heavy atom. The van der Waals surface area contributed by atoms with Crippen LogP contribution in [0.5, 0.6) is 0 Å². The highest BCUT2D eigenvalue weighted by atomic mass is 31.2. The molecule has 58 heavy (non-hydrogen) atoms. The van der Waals surface area contributed by atoms with Crippen LogP contribution in [0.15, 0.2) is 91.0 Å². The van der Waals surface area contributed by atoms with Crippen LogP contribution in [-0.2, 0) is 29.6 Å². The number of carbonyl (C=O) groups is 5. The molecule has 4 atom stereocenters. The Morgan fingerprint density at radius 2 is 1.57 bits per heavy atom. The molecule has 2 saturated heterocycles. The summed E-state index contributed by atoms with van der Waals surface area (Å²) < 4.78 is 28.8. The van der Waals surface area contributed by atoms with Crippen molar-refractivity contribution in [3.8, 4) is 0 Å². The molecule has 3 unspecified atom stereocenters. The van der Waals surface area contributed by atoms with Crippen molar-refractivity contribution in [3.05, 3.63) is 113 Å². The smallest absolute Gasteiger partial charge is 0.339 e. The summed E-state index contributed by atoms with van der Waals surface area (Å²) in [5, 5.41) is 8.63. The van der Waals surface area contributed by atoms with Crippen molar-refractivity contribution in [1.82, 2.24) is 25.8 Å². The number of nitrogens with two attached hydrogens (primary N) is 1. The normalized spacial score (nSPS) is 19.7. The number of nitrogens with zero attached hydrogens (tertiary/aromatic N) is 2. The van der Waals surface area contributed by atoms with Gasteiger partial charge in [-0.3, -0.25) is 28.9 Å². The molecule has 13 nitrogen and oxygen atoms in total. The first-order valence-electron chi connectivity index (χ1n) is 19.3. The molecule has 3 aromatic carbocycles. The number of amides is 5. The summed E-state index contributed by atoms with van der Waals surface area (Å²) >= 11 is 0. The Kier molecular flexibility index (Phi) is 14.9. The van der Waals surface area contributed by atoms with Gasteiger partial charge in [-0.1, -0.05) is 78.9 Å². The number of rotatable bonds is 15.